The molecule has 1 atom stereocenters. The molecule has 6 rings (SSSR count). The largest absolute Gasteiger partial charge is 0.459 e. The Labute approximate surface area is 262 Å². The van der Waals surface area contributed by atoms with Crippen LogP contribution in [0.15, 0.2) is 93.9 Å². The van der Waals surface area contributed by atoms with Gasteiger partial charge < -0.3 is 9.30 Å². The Bertz CT molecular complexity index is 2090. The van der Waals surface area contributed by atoms with Gasteiger partial charge in [-0.3, -0.25) is 9.36 Å². The lowest BCUT2D eigenvalue weighted by Crippen LogP contribution is -2.40. The first-order chi connectivity index (χ1) is 20.6. The standard InChI is InChI=1S/C34H29Cl2N3O3S/c1-19(2)42-33(41)30-20(3)37-34-39(31(30)23-11-15-25(36)16-12-23)32(40)29(43-34)17-27-21(4)38(28-8-6-5-7-26(27)28)18-22-9-13-24(35)14-10-22/h5-17,19,31H,18H2,1-4H3/b29-17-/t31-/m1/s1. The first-order valence-corrected chi connectivity index (χ1v) is 15.5. The number of nitrogens with zero attached hydrogens (tertiary/aromatic N) is 3. The number of aromatic nitrogens is 2. The molecule has 0 saturated heterocycles. The summed E-state index contributed by atoms with van der Waals surface area (Å²) in [5.74, 6) is -0.494. The van der Waals surface area contributed by atoms with Crippen LogP contribution in [0.3, 0.4) is 0 Å². The molecule has 9 heteroatoms. The Morgan fingerprint density at radius 3 is 2.33 bits per heavy atom. The number of thiazole rings is 1. The van der Waals surface area contributed by atoms with Gasteiger partial charge >= 0.3 is 5.97 Å². The number of ether oxygens (including phenoxy) is 1. The molecule has 0 unspecified atom stereocenters. The van der Waals surface area contributed by atoms with Crippen molar-refractivity contribution in [2.75, 3.05) is 0 Å². The molecule has 3 aromatic carbocycles. The first-order valence-electron chi connectivity index (χ1n) is 13.9. The fraction of sp³-hybridized carbons (Fsp3) is 0.206. The molecule has 218 valence electrons. The Morgan fingerprint density at radius 2 is 1.65 bits per heavy atom. The Hall–Kier alpha value is -3.91. The van der Waals surface area contributed by atoms with Gasteiger partial charge in [0.15, 0.2) is 4.80 Å². The number of rotatable bonds is 6. The van der Waals surface area contributed by atoms with Crippen LogP contribution < -0.4 is 14.9 Å². The Kier molecular flexibility index (Phi) is 7.90. The van der Waals surface area contributed by atoms with Gasteiger partial charge in [-0.1, -0.05) is 77.0 Å². The molecule has 0 saturated carbocycles. The summed E-state index contributed by atoms with van der Waals surface area (Å²) < 4.78 is 9.99. The molecule has 2 aromatic heterocycles. The fourth-order valence-electron chi connectivity index (χ4n) is 5.57. The van der Waals surface area contributed by atoms with Crippen molar-refractivity contribution < 1.29 is 9.53 Å². The molecule has 0 amide bonds. The van der Waals surface area contributed by atoms with Crippen molar-refractivity contribution in [2.45, 2.75) is 46.4 Å². The van der Waals surface area contributed by atoms with Crippen LogP contribution in [0.4, 0.5) is 0 Å². The second-order valence-corrected chi connectivity index (χ2v) is 12.7. The third kappa shape index (κ3) is 5.49. The fourth-order valence-corrected chi connectivity index (χ4v) is 6.85. The Morgan fingerprint density at radius 1 is 1.00 bits per heavy atom. The zero-order valence-electron chi connectivity index (χ0n) is 24.1. The van der Waals surface area contributed by atoms with Gasteiger partial charge in [0.25, 0.3) is 5.56 Å². The van der Waals surface area contributed by atoms with E-state index in [9.17, 15) is 9.59 Å². The summed E-state index contributed by atoms with van der Waals surface area (Å²) >= 11 is 13.6. The molecule has 0 bridgehead atoms. The molecule has 3 heterocycles. The van der Waals surface area contributed by atoms with E-state index in [0.717, 1.165) is 33.3 Å². The lowest BCUT2D eigenvalue weighted by molar-refractivity contribution is -0.143. The summed E-state index contributed by atoms with van der Waals surface area (Å²) in [7, 11) is 0. The molecule has 6 nitrogen and oxygen atoms in total. The summed E-state index contributed by atoms with van der Waals surface area (Å²) in [4.78, 5) is 32.8. The number of hydrogen-bond donors (Lipinski definition) is 0. The SMILES string of the molecule is CC1=C(C(=O)OC(C)C)[C@@H](c2ccc(Cl)cc2)n2c(s/c(=C\c3c(C)n(Cc4ccc(Cl)cc4)c4ccccc34)c2=O)=N1. The summed E-state index contributed by atoms with van der Waals surface area (Å²) in [6.45, 7) is 8.11. The van der Waals surface area contributed by atoms with E-state index in [1.807, 2.05) is 54.6 Å². The molecule has 0 fully saturated rings. The quantitative estimate of drug-likeness (QED) is 0.194. The van der Waals surface area contributed by atoms with E-state index in [1.165, 1.54) is 11.3 Å². The number of para-hydroxylation sites is 1. The zero-order chi connectivity index (χ0) is 30.4. The number of carbonyl (C=O) groups is 1. The van der Waals surface area contributed by atoms with E-state index in [1.54, 1.807) is 37.5 Å². The number of allylic oxidation sites excluding steroid dienone is 1. The predicted octanol–water partition coefficient (Wildman–Crippen LogP) is 6.81. The Balaban J connectivity index is 1.53. The molecule has 0 N–H and O–H groups in total. The highest BCUT2D eigenvalue weighted by molar-refractivity contribution is 7.07. The van der Waals surface area contributed by atoms with Crippen LogP contribution in [0.25, 0.3) is 17.0 Å². The molecular weight excluding hydrogens is 601 g/mol. The highest BCUT2D eigenvalue weighted by atomic mass is 35.5. The van der Waals surface area contributed by atoms with Crippen LogP contribution in [0.5, 0.6) is 0 Å². The van der Waals surface area contributed by atoms with Gasteiger partial charge in [0.05, 0.1) is 27.9 Å². The van der Waals surface area contributed by atoms with E-state index >= 15 is 0 Å². The zero-order valence-corrected chi connectivity index (χ0v) is 26.4. The monoisotopic (exact) mass is 629 g/mol. The number of halogens is 2. The van der Waals surface area contributed by atoms with Crippen molar-refractivity contribution in [2.24, 2.45) is 4.99 Å². The third-order valence-electron chi connectivity index (χ3n) is 7.58. The molecular formula is C34H29Cl2N3O3S. The highest BCUT2D eigenvalue weighted by Gasteiger charge is 2.33. The van der Waals surface area contributed by atoms with Gasteiger partial charge in [-0.2, -0.15) is 0 Å². The minimum Gasteiger partial charge on any atom is -0.459 e. The van der Waals surface area contributed by atoms with Gasteiger partial charge in [-0.15, -0.1) is 0 Å². The van der Waals surface area contributed by atoms with Crippen LogP contribution in [0.2, 0.25) is 10.0 Å². The van der Waals surface area contributed by atoms with Gasteiger partial charge in [0, 0.05) is 38.8 Å². The maximum Gasteiger partial charge on any atom is 0.338 e. The summed E-state index contributed by atoms with van der Waals surface area (Å²) in [5, 5.41) is 2.31. The number of benzene rings is 3. The van der Waals surface area contributed by atoms with Crippen molar-refractivity contribution >= 4 is 57.5 Å². The molecule has 1 aliphatic rings. The third-order valence-corrected chi connectivity index (χ3v) is 9.07. The lowest BCUT2D eigenvalue weighted by atomic mass is 9.96. The minimum absolute atomic E-state index is 0.222. The average molecular weight is 631 g/mol. The van der Waals surface area contributed by atoms with Crippen molar-refractivity contribution in [3.63, 3.8) is 0 Å². The molecule has 1 aliphatic heterocycles. The van der Waals surface area contributed by atoms with Crippen LogP contribution in [-0.4, -0.2) is 21.2 Å². The van der Waals surface area contributed by atoms with E-state index in [-0.39, 0.29) is 11.7 Å². The normalized spacial score (nSPS) is 15.2. The lowest BCUT2D eigenvalue weighted by Gasteiger charge is -2.25. The van der Waals surface area contributed by atoms with Crippen molar-refractivity contribution in [1.29, 1.82) is 0 Å². The molecule has 0 spiro atoms. The summed E-state index contributed by atoms with van der Waals surface area (Å²) in [5.41, 5.74) is 5.58. The van der Waals surface area contributed by atoms with Gasteiger partial charge in [0.1, 0.15) is 0 Å². The topological polar surface area (TPSA) is 65.6 Å². The summed E-state index contributed by atoms with van der Waals surface area (Å²) in [6.07, 6.45) is 1.63. The molecule has 0 aliphatic carbocycles. The van der Waals surface area contributed by atoms with Crippen LogP contribution in [0.1, 0.15) is 49.2 Å². The smallest absolute Gasteiger partial charge is 0.338 e. The second kappa shape index (κ2) is 11.6. The summed E-state index contributed by atoms with van der Waals surface area (Å²) in [6, 6.07) is 22.5. The maximum absolute atomic E-state index is 14.2. The maximum atomic E-state index is 14.2. The number of esters is 1. The minimum atomic E-state index is -0.700. The van der Waals surface area contributed by atoms with Crippen LogP contribution in [0, 0.1) is 6.92 Å². The predicted molar refractivity (Wildman–Crippen MR) is 174 cm³/mol. The van der Waals surface area contributed by atoms with Gasteiger partial charge in [-0.05, 0) is 75.2 Å². The van der Waals surface area contributed by atoms with Crippen molar-refractivity contribution in [3.05, 3.63) is 136 Å². The highest BCUT2D eigenvalue weighted by Crippen LogP contribution is 2.32. The second-order valence-electron chi connectivity index (χ2n) is 10.8. The molecule has 5 aromatic rings. The molecule has 43 heavy (non-hydrogen) atoms. The van der Waals surface area contributed by atoms with Gasteiger partial charge in [-0.25, -0.2) is 9.79 Å². The molecule has 0 radical (unpaired) electrons. The average Bonchev–Trinajstić information content (AvgIpc) is 3.42. The number of carbonyl (C=O) groups excluding carboxylic acids is 1. The van der Waals surface area contributed by atoms with E-state index < -0.39 is 12.0 Å². The van der Waals surface area contributed by atoms with E-state index in [4.69, 9.17) is 32.9 Å². The van der Waals surface area contributed by atoms with Gasteiger partial charge in [0.2, 0.25) is 0 Å². The van der Waals surface area contributed by atoms with E-state index in [0.29, 0.717) is 37.2 Å². The van der Waals surface area contributed by atoms with Crippen LogP contribution in [-0.2, 0) is 16.1 Å². The number of hydrogen-bond acceptors (Lipinski definition) is 5. The van der Waals surface area contributed by atoms with Crippen molar-refractivity contribution in [1.82, 2.24) is 9.13 Å². The first kappa shape index (κ1) is 29.2. The van der Waals surface area contributed by atoms with Crippen LogP contribution >= 0.6 is 34.5 Å². The van der Waals surface area contributed by atoms with E-state index in [2.05, 4.69) is 23.6 Å². The number of fused-ring (bicyclic) bond motifs is 2. The van der Waals surface area contributed by atoms with Crippen molar-refractivity contribution in [3.8, 4) is 0 Å².